The van der Waals surface area contributed by atoms with Crippen LogP contribution in [0, 0.1) is 17.4 Å². The zero-order valence-electron chi connectivity index (χ0n) is 11.6. The lowest BCUT2D eigenvalue weighted by Gasteiger charge is -2.20. The van der Waals surface area contributed by atoms with Gasteiger partial charge in [-0.25, -0.2) is 0 Å². The first-order valence-corrected chi connectivity index (χ1v) is 8.36. The van der Waals surface area contributed by atoms with Crippen molar-refractivity contribution in [2.45, 2.75) is 26.3 Å². The number of hydrogen-bond acceptors (Lipinski definition) is 2. The molecule has 0 aliphatic carbocycles. The molecule has 0 aliphatic heterocycles. The van der Waals surface area contributed by atoms with Crippen LogP contribution in [0.1, 0.15) is 28.3 Å². The van der Waals surface area contributed by atoms with Crippen molar-refractivity contribution in [1.29, 1.82) is 0 Å². The summed E-state index contributed by atoms with van der Waals surface area (Å²) in [4.78, 5) is 0. The lowest BCUT2D eigenvalue weighted by Crippen LogP contribution is -2.30. The van der Waals surface area contributed by atoms with Crippen LogP contribution >= 0.6 is 38.5 Å². The highest BCUT2D eigenvalue weighted by Crippen LogP contribution is 2.29. The first-order valence-electron chi connectivity index (χ1n) is 6.49. The number of rotatable bonds is 4. The number of hydrogen-bond donors (Lipinski definition) is 2. The summed E-state index contributed by atoms with van der Waals surface area (Å²) in [6, 6.07) is 12.8. The zero-order chi connectivity index (χ0) is 14.7. The van der Waals surface area contributed by atoms with E-state index < -0.39 is 0 Å². The monoisotopic (exact) mass is 444 g/mol. The summed E-state index contributed by atoms with van der Waals surface area (Å²) in [5, 5.41) is 0. The van der Waals surface area contributed by atoms with Gasteiger partial charge < -0.3 is 0 Å². The summed E-state index contributed by atoms with van der Waals surface area (Å²) in [5.41, 5.74) is 8.14. The number of aryl methyl sites for hydroxylation is 2. The molecule has 2 aromatic carbocycles. The minimum Gasteiger partial charge on any atom is -0.271 e. The molecule has 3 N–H and O–H groups in total. The third-order valence-corrected chi connectivity index (χ3v) is 4.98. The standard InChI is InChI=1S/C16H18BrIN2/c1-10-4-3-5-11(2)13(10)9-16(20-19)14-8-12(18)6-7-15(14)17/h3-8,16,20H,9,19H2,1-2H3. The van der Waals surface area contributed by atoms with E-state index in [1.807, 2.05) is 0 Å². The third-order valence-electron chi connectivity index (χ3n) is 3.59. The van der Waals surface area contributed by atoms with Gasteiger partial charge in [0.25, 0.3) is 0 Å². The van der Waals surface area contributed by atoms with Gasteiger partial charge in [0, 0.05) is 8.04 Å². The van der Waals surface area contributed by atoms with Gasteiger partial charge in [-0.1, -0.05) is 34.1 Å². The van der Waals surface area contributed by atoms with Gasteiger partial charge in [0.2, 0.25) is 0 Å². The Morgan fingerprint density at radius 1 is 1.20 bits per heavy atom. The van der Waals surface area contributed by atoms with E-state index in [1.165, 1.54) is 25.8 Å². The zero-order valence-corrected chi connectivity index (χ0v) is 15.3. The summed E-state index contributed by atoms with van der Waals surface area (Å²) in [6.45, 7) is 4.30. The maximum absolute atomic E-state index is 5.80. The van der Waals surface area contributed by atoms with Crippen LogP contribution in [0.15, 0.2) is 40.9 Å². The van der Waals surface area contributed by atoms with E-state index in [0.29, 0.717) is 0 Å². The number of halogens is 2. The molecule has 1 atom stereocenters. The molecule has 0 aliphatic rings. The van der Waals surface area contributed by atoms with Gasteiger partial charge in [-0.2, -0.15) is 0 Å². The van der Waals surface area contributed by atoms with Crippen LogP contribution in [0.25, 0.3) is 0 Å². The van der Waals surface area contributed by atoms with Crippen molar-refractivity contribution >= 4 is 38.5 Å². The summed E-state index contributed by atoms with van der Waals surface area (Å²) in [7, 11) is 0. The number of benzene rings is 2. The molecule has 4 heteroatoms. The molecule has 106 valence electrons. The third kappa shape index (κ3) is 3.61. The van der Waals surface area contributed by atoms with E-state index in [-0.39, 0.29) is 6.04 Å². The van der Waals surface area contributed by atoms with E-state index in [0.717, 1.165) is 10.9 Å². The lowest BCUT2D eigenvalue weighted by atomic mass is 9.93. The molecular formula is C16H18BrIN2. The van der Waals surface area contributed by atoms with Crippen LogP contribution in [-0.4, -0.2) is 0 Å². The van der Waals surface area contributed by atoms with E-state index in [2.05, 4.69) is 94.2 Å². The number of nitrogens with one attached hydrogen (secondary N) is 1. The minimum atomic E-state index is 0.0962. The van der Waals surface area contributed by atoms with Crippen LogP contribution in [0.2, 0.25) is 0 Å². The Morgan fingerprint density at radius 2 is 1.85 bits per heavy atom. The molecule has 1 unspecified atom stereocenters. The van der Waals surface area contributed by atoms with E-state index in [4.69, 9.17) is 5.84 Å². The van der Waals surface area contributed by atoms with Crippen LogP contribution in [0.3, 0.4) is 0 Å². The Balaban J connectivity index is 2.36. The van der Waals surface area contributed by atoms with E-state index in [9.17, 15) is 0 Å². The van der Waals surface area contributed by atoms with Crippen LogP contribution in [-0.2, 0) is 6.42 Å². The Kier molecular flexibility index (Phi) is 5.60. The summed E-state index contributed by atoms with van der Waals surface area (Å²) in [5.74, 6) is 5.80. The van der Waals surface area contributed by atoms with Crippen molar-refractivity contribution in [2.24, 2.45) is 5.84 Å². The van der Waals surface area contributed by atoms with Gasteiger partial charge >= 0.3 is 0 Å². The average Bonchev–Trinajstić information content (AvgIpc) is 2.42. The molecule has 0 saturated heterocycles. The molecule has 2 rings (SSSR count). The fourth-order valence-corrected chi connectivity index (χ4v) is 3.45. The first-order chi connectivity index (χ1) is 9.52. The normalized spacial score (nSPS) is 12.4. The molecule has 2 nitrogen and oxygen atoms in total. The summed E-state index contributed by atoms with van der Waals surface area (Å²) < 4.78 is 2.30. The number of nitrogens with two attached hydrogens (primary N) is 1. The Bertz CT molecular complexity index is 593. The second kappa shape index (κ2) is 7.02. The van der Waals surface area contributed by atoms with Crippen molar-refractivity contribution in [3.8, 4) is 0 Å². The summed E-state index contributed by atoms with van der Waals surface area (Å²) in [6.07, 6.45) is 0.883. The molecule has 0 saturated carbocycles. The molecule has 0 heterocycles. The van der Waals surface area contributed by atoms with Crippen LogP contribution in [0.4, 0.5) is 0 Å². The summed E-state index contributed by atoms with van der Waals surface area (Å²) >= 11 is 5.95. The highest BCUT2D eigenvalue weighted by Gasteiger charge is 2.16. The molecule has 0 bridgehead atoms. The van der Waals surface area contributed by atoms with Crippen molar-refractivity contribution in [3.05, 3.63) is 66.7 Å². The van der Waals surface area contributed by atoms with Crippen molar-refractivity contribution in [1.82, 2.24) is 5.43 Å². The first kappa shape index (κ1) is 15.9. The van der Waals surface area contributed by atoms with E-state index >= 15 is 0 Å². The molecule has 0 amide bonds. The molecule has 0 fully saturated rings. The fraction of sp³-hybridized carbons (Fsp3) is 0.250. The second-order valence-corrected chi connectivity index (χ2v) is 7.06. The number of hydrazine groups is 1. The SMILES string of the molecule is Cc1cccc(C)c1CC(NN)c1cc(I)ccc1Br. The second-order valence-electron chi connectivity index (χ2n) is 4.96. The van der Waals surface area contributed by atoms with Gasteiger partial charge in [0.1, 0.15) is 0 Å². The maximum atomic E-state index is 5.80. The van der Waals surface area contributed by atoms with Crippen LogP contribution < -0.4 is 11.3 Å². The van der Waals surface area contributed by atoms with Gasteiger partial charge in [-0.15, -0.1) is 0 Å². The molecule has 0 radical (unpaired) electrons. The van der Waals surface area contributed by atoms with Crippen LogP contribution in [0.5, 0.6) is 0 Å². The maximum Gasteiger partial charge on any atom is 0.0512 e. The Labute approximate surface area is 142 Å². The molecule has 0 aromatic heterocycles. The van der Waals surface area contributed by atoms with Gasteiger partial charge in [0.15, 0.2) is 0 Å². The highest BCUT2D eigenvalue weighted by molar-refractivity contribution is 14.1. The quantitative estimate of drug-likeness (QED) is 0.416. The Hall–Kier alpha value is -0.430. The molecule has 2 aromatic rings. The molecule has 20 heavy (non-hydrogen) atoms. The van der Waals surface area contributed by atoms with Gasteiger partial charge in [0.05, 0.1) is 6.04 Å². The van der Waals surface area contributed by atoms with Crippen molar-refractivity contribution < 1.29 is 0 Å². The van der Waals surface area contributed by atoms with Gasteiger partial charge in [-0.05, 0) is 83.3 Å². The smallest absolute Gasteiger partial charge is 0.0512 e. The molecular weight excluding hydrogens is 427 g/mol. The largest absolute Gasteiger partial charge is 0.271 e. The fourth-order valence-electron chi connectivity index (χ4n) is 2.42. The predicted molar refractivity (Wildman–Crippen MR) is 96.5 cm³/mol. The van der Waals surface area contributed by atoms with Crippen molar-refractivity contribution in [2.75, 3.05) is 0 Å². The molecule has 0 spiro atoms. The Morgan fingerprint density at radius 3 is 2.45 bits per heavy atom. The minimum absolute atomic E-state index is 0.0962. The van der Waals surface area contributed by atoms with Gasteiger partial charge in [-0.3, -0.25) is 11.3 Å². The average molecular weight is 445 g/mol. The predicted octanol–water partition coefficient (Wildman–Crippen LogP) is 4.42. The highest BCUT2D eigenvalue weighted by atomic mass is 127. The van der Waals surface area contributed by atoms with E-state index in [1.54, 1.807) is 0 Å². The lowest BCUT2D eigenvalue weighted by molar-refractivity contribution is 0.547. The van der Waals surface area contributed by atoms with Crippen molar-refractivity contribution in [3.63, 3.8) is 0 Å². The topological polar surface area (TPSA) is 38.0 Å².